The van der Waals surface area contributed by atoms with Gasteiger partial charge in [-0.25, -0.2) is 0 Å². The lowest BCUT2D eigenvalue weighted by Gasteiger charge is -2.49. The van der Waals surface area contributed by atoms with Crippen molar-refractivity contribution in [3.05, 3.63) is 0 Å². The Morgan fingerprint density at radius 3 is 1.62 bits per heavy atom. The van der Waals surface area contributed by atoms with E-state index >= 15 is 0 Å². The molecule has 16 heavy (non-hydrogen) atoms. The third-order valence-corrected chi connectivity index (χ3v) is 4.67. The Morgan fingerprint density at radius 1 is 0.875 bits per heavy atom. The highest BCUT2D eigenvalue weighted by Gasteiger charge is 2.42. The number of hydrogen-bond acceptors (Lipinski definition) is 0. The first kappa shape index (κ1) is 16.0. The van der Waals surface area contributed by atoms with Crippen LogP contribution in [0.25, 0.3) is 0 Å². The molecule has 0 bridgehead atoms. The Labute approximate surface area is 104 Å². The molecule has 1 atom stereocenters. The topological polar surface area (TPSA) is 0 Å². The zero-order valence-corrected chi connectivity index (χ0v) is 13.2. The molecule has 0 radical (unpaired) electrons. The summed E-state index contributed by atoms with van der Waals surface area (Å²) >= 11 is 0. The molecule has 0 aliphatic rings. The smallest absolute Gasteiger partial charge is 0.0277 e. The van der Waals surface area contributed by atoms with Crippen molar-refractivity contribution in [2.45, 2.75) is 81.6 Å². The molecule has 0 heteroatoms. The molecular formula is C16H34. The largest absolute Gasteiger partial charge is 0.0654 e. The summed E-state index contributed by atoms with van der Waals surface area (Å²) in [6, 6.07) is 0. The van der Waals surface area contributed by atoms with Crippen LogP contribution in [-0.4, -0.2) is 0 Å². The van der Waals surface area contributed by atoms with Crippen molar-refractivity contribution in [2.24, 2.45) is 22.2 Å². The van der Waals surface area contributed by atoms with Gasteiger partial charge in [0.05, 0.1) is 0 Å². The van der Waals surface area contributed by atoms with Crippen LogP contribution >= 0.6 is 0 Å². The Balaban J connectivity index is 4.83. The van der Waals surface area contributed by atoms with E-state index in [1.165, 1.54) is 19.3 Å². The van der Waals surface area contributed by atoms with Gasteiger partial charge < -0.3 is 0 Å². The van der Waals surface area contributed by atoms with Crippen LogP contribution in [0.4, 0.5) is 0 Å². The van der Waals surface area contributed by atoms with Crippen molar-refractivity contribution in [1.82, 2.24) is 0 Å². The standard InChI is InChI=1S/C16H34/c1-10-11-13(2)16(8,9)15(6,7)12-14(3,4)5/h13H,10-12H2,1-9H3. The zero-order valence-electron chi connectivity index (χ0n) is 13.2. The SMILES string of the molecule is CCCC(C)C(C)(C)C(C)(C)CC(C)(C)C. The first-order valence-electron chi connectivity index (χ1n) is 6.94. The molecule has 0 fully saturated rings. The number of hydrogen-bond donors (Lipinski definition) is 0. The summed E-state index contributed by atoms with van der Waals surface area (Å²) in [6.07, 6.45) is 3.94. The van der Waals surface area contributed by atoms with Crippen molar-refractivity contribution in [3.63, 3.8) is 0 Å². The molecule has 0 spiro atoms. The quantitative estimate of drug-likeness (QED) is 0.546. The summed E-state index contributed by atoms with van der Waals surface area (Å²) in [5.74, 6) is 0.801. The van der Waals surface area contributed by atoms with E-state index in [0.29, 0.717) is 16.2 Å². The van der Waals surface area contributed by atoms with Gasteiger partial charge in [0.25, 0.3) is 0 Å². The molecule has 1 unspecified atom stereocenters. The Kier molecular flexibility index (Phi) is 5.10. The van der Waals surface area contributed by atoms with Gasteiger partial charge in [-0.05, 0) is 28.6 Å². The van der Waals surface area contributed by atoms with Crippen LogP contribution in [-0.2, 0) is 0 Å². The summed E-state index contributed by atoms with van der Waals surface area (Å²) in [5.41, 5.74) is 1.24. The van der Waals surface area contributed by atoms with Crippen LogP contribution in [0.3, 0.4) is 0 Å². The summed E-state index contributed by atoms with van der Waals surface area (Å²) in [6.45, 7) is 21.6. The second-order valence-corrected chi connectivity index (χ2v) is 8.03. The molecule has 0 rings (SSSR count). The fourth-order valence-corrected chi connectivity index (χ4v) is 3.01. The normalized spacial score (nSPS) is 16.3. The van der Waals surface area contributed by atoms with Gasteiger partial charge in [0.2, 0.25) is 0 Å². The van der Waals surface area contributed by atoms with Gasteiger partial charge in [0, 0.05) is 0 Å². The van der Waals surface area contributed by atoms with Crippen LogP contribution in [0, 0.1) is 22.2 Å². The van der Waals surface area contributed by atoms with E-state index in [1.54, 1.807) is 0 Å². The molecule has 0 saturated carbocycles. The highest BCUT2D eigenvalue weighted by Crippen LogP contribution is 2.51. The molecule has 0 aliphatic carbocycles. The predicted octanol–water partition coefficient (Wildman–Crippen LogP) is 5.91. The summed E-state index contributed by atoms with van der Waals surface area (Å²) in [7, 11) is 0. The van der Waals surface area contributed by atoms with Gasteiger partial charge in [0.15, 0.2) is 0 Å². The predicted molar refractivity (Wildman–Crippen MR) is 75.7 cm³/mol. The molecular weight excluding hydrogens is 192 g/mol. The molecule has 0 saturated heterocycles. The minimum Gasteiger partial charge on any atom is -0.0654 e. The molecule has 0 heterocycles. The third-order valence-electron chi connectivity index (χ3n) is 4.67. The molecule has 0 amide bonds. The first-order valence-corrected chi connectivity index (χ1v) is 6.94. The van der Waals surface area contributed by atoms with Gasteiger partial charge >= 0.3 is 0 Å². The highest BCUT2D eigenvalue weighted by atomic mass is 14.5. The Morgan fingerprint density at radius 2 is 1.31 bits per heavy atom. The highest BCUT2D eigenvalue weighted by molar-refractivity contribution is 4.91. The van der Waals surface area contributed by atoms with E-state index < -0.39 is 0 Å². The van der Waals surface area contributed by atoms with Gasteiger partial charge in [-0.15, -0.1) is 0 Å². The Bertz CT molecular complexity index is 203. The second-order valence-electron chi connectivity index (χ2n) is 8.03. The van der Waals surface area contributed by atoms with Gasteiger partial charge in [-0.1, -0.05) is 75.2 Å². The van der Waals surface area contributed by atoms with Crippen molar-refractivity contribution in [2.75, 3.05) is 0 Å². The van der Waals surface area contributed by atoms with Gasteiger partial charge in [-0.3, -0.25) is 0 Å². The van der Waals surface area contributed by atoms with E-state index in [9.17, 15) is 0 Å². The van der Waals surface area contributed by atoms with Crippen molar-refractivity contribution in [3.8, 4) is 0 Å². The van der Waals surface area contributed by atoms with Crippen molar-refractivity contribution < 1.29 is 0 Å². The van der Waals surface area contributed by atoms with Crippen LogP contribution in [0.15, 0.2) is 0 Å². The molecule has 98 valence electrons. The second kappa shape index (κ2) is 5.10. The first-order chi connectivity index (χ1) is 6.94. The van der Waals surface area contributed by atoms with Crippen LogP contribution < -0.4 is 0 Å². The molecule has 0 nitrogen and oxygen atoms in total. The minimum absolute atomic E-state index is 0.403. The van der Waals surface area contributed by atoms with Crippen molar-refractivity contribution in [1.29, 1.82) is 0 Å². The monoisotopic (exact) mass is 226 g/mol. The maximum absolute atomic E-state index is 2.46. The summed E-state index contributed by atoms with van der Waals surface area (Å²) in [5, 5.41) is 0. The maximum atomic E-state index is 2.46. The van der Waals surface area contributed by atoms with Crippen LogP contribution in [0.5, 0.6) is 0 Å². The van der Waals surface area contributed by atoms with Crippen LogP contribution in [0.2, 0.25) is 0 Å². The zero-order chi connectivity index (χ0) is 13.2. The van der Waals surface area contributed by atoms with E-state index in [0.717, 1.165) is 5.92 Å². The van der Waals surface area contributed by atoms with E-state index in [1.807, 2.05) is 0 Å². The molecule has 0 N–H and O–H groups in total. The fraction of sp³-hybridized carbons (Fsp3) is 1.00. The minimum atomic E-state index is 0.403. The summed E-state index contributed by atoms with van der Waals surface area (Å²) < 4.78 is 0. The maximum Gasteiger partial charge on any atom is -0.0277 e. The fourth-order valence-electron chi connectivity index (χ4n) is 3.01. The molecule has 0 aromatic rings. The Hall–Kier alpha value is 0. The molecule has 0 aromatic heterocycles. The van der Waals surface area contributed by atoms with Crippen molar-refractivity contribution >= 4 is 0 Å². The van der Waals surface area contributed by atoms with E-state index in [-0.39, 0.29) is 0 Å². The van der Waals surface area contributed by atoms with E-state index in [2.05, 4.69) is 62.3 Å². The summed E-state index contributed by atoms with van der Waals surface area (Å²) in [4.78, 5) is 0. The van der Waals surface area contributed by atoms with E-state index in [4.69, 9.17) is 0 Å². The molecule has 0 aromatic carbocycles. The number of rotatable bonds is 5. The lowest BCUT2D eigenvalue weighted by atomic mass is 9.56. The van der Waals surface area contributed by atoms with Crippen LogP contribution in [0.1, 0.15) is 81.6 Å². The average Bonchev–Trinajstić information content (AvgIpc) is 1.99. The molecule has 0 aliphatic heterocycles. The van der Waals surface area contributed by atoms with Gasteiger partial charge in [-0.2, -0.15) is 0 Å². The average molecular weight is 226 g/mol. The van der Waals surface area contributed by atoms with Gasteiger partial charge in [0.1, 0.15) is 0 Å². The lowest BCUT2D eigenvalue weighted by Crippen LogP contribution is -2.40. The third kappa shape index (κ3) is 4.11. The lowest BCUT2D eigenvalue weighted by molar-refractivity contribution is 0.00837.